The van der Waals surface area contributed by atoms with E-state index < -0.39 is 6.04 Å². The lowest BCUT2D eigenvalue weighted by atomic mass is 9.97. The van der Waals surface area contributed by atoms with Crippen molar-refractivity contribution >= 4 is 28.8 Å². The average Bonchev–Trinajstić information content (AvgIpc) is 2.76. The Kier molecular flexibility index (Phi) is 7.63. The van der Waals surface area contributed by atoms with Crippen LogP contribution in [0.2, 0.25) is 0 Å². The van der Waals surface area contributed by atoms with Crippen molar-refractivity contribution in [1.29, 1.82) is 0 Å². The number of hydrazine groups is 1. The Balaban J connectivity index is 1.53. The van der Waals surface area contributed by atoms with Gasteiger partial charge in [0.25, 0.3) is 0 Å². The summed E-state index contributed by atoms with van der Waals surface area (Å²) >= 11 is 0. The van der Waals surface area contributed by atoms with Crippen LogP contribution in [0, 0.1) is 20.8 Å². The van der Waals surface area contributed by atoms with Crippen LogP contribution in [0.5, 0.6) is 0 Å². The number of Topliss-reactive ketones (excluding diaryl/α,β-unsaturated/α-hetero) is 1. The van der Waals surface area contributed by atoms with E-state index in [0.29, 0.717) is 5.56 Å². The second kappa shape index (κ2) is 10.6. The number of carbonyl (C=O) groups excluding carboxylic acids is 2. The number of anilines is 3. The second-order valence-corrected chi connectivity index (χ2v) is 8.08. The summed E-state index contributed by atoms with van der Waals surface area (Å²) in [5, 5.41) is 2.85. The van der Waals surface area contributed by atoms with Gasteiger partial charge in [-0.3, -0.25) is 9.59 Å². The van der Waals surface area contributed by atoms with Crippen molar-refractivity contribution in [2.24, 2.45) is 5.73 Å². The minimum atomic E-state index is -0.735. The van der Waals surface area contributed by atoms with E-state index in [9.17, 15) is 9.59 Å². The normalized spacial score (nSPS) is 11.5. The van der Waals surface area contributed by atoms with Gasteiger partial charge in [-0.15, -0.1) is 0 Å². The van der Waals surface area contributed by atoms with Crippen molar-refractivity contribution in [3.63, 3.8) is 0 Å². The molecule has 1 amide bonds. The van der Waals surface area contributed by atoms with E-state index in [1.165, 1.54) is 0 Å². The smallest absolute Gasteiger partial charge is 0.224 e. The minimum absolute atomic E-state index is 0.155. The third-order valence-electron chi connectivity index (χ3n) is 5.18. The molecule has 6 heteroatoms. The summed E-state index contributed by atoms with van der Waals surface area (Å²) in [5.41, 5.74) is 18.6. The van der Waals surface area contributed by atoms with E-state index in [0.717, 1.165) is 33.8 Å². The van der Waals surface area contributed by atoms with Crippen LogP contribution in [0.15, 0.2) is 66.7 Å². The van der Waals surface area contributed by atoms with Crippen LogP contribution in [0.3, 0.4) is 0 Å². The van der Waals surface area contributed by atoms with E-state index in [2.05, 4.69) is 16.2 Å². The number of carbonyl (C=O) groups is 2. The third-order valence-corrected chi connectivity index (χ3v) is 5.18. The fourth-order valence-electron chi connectivity index (χ4n) is 3.45. The molecule has 0 saturated heterocycles. The number of rotatable bonds is 9. The Hall–Kier alpha value is -3.64. The first-order chi connectivity index (χ1) is 15.3. The van der Waals surface area contributed by atoms with Gasteiger partial charge < -0.3 is 21.9 Å². The fourth-order valence-corrected chi connectivity index (χ4v) is 3.45. The van der Waals surface area contributed by atoms with E-state index in [1.807, 2.05) is 81.4 Å². The largest absolute Gasteiger partial charge is 0.326 e. The van der Waals surface area contributed by atoms with E-state index >= 15 is 0 Å². The van der Waals surface area contributed by atoms with Gasteiger partial charge >= 0.3 is 0 Å². The lowest BCUT2D eigenvalue weighted by Crippen LogP contribution is -2.32. The highest BCUT2D eigenvalue weighted by molar-refractivity contribution is 6.02. The molecule has 0 aromatic heterocycles. The Bertz CT molecular complexity index is 1110. The zero-order chi connectivity index (χ0) is 23.1. The number of aryl methyl sites for hydroxylation is 3. The molecule has 1 unspecified atom stereocenters. The fraction of sp³-hybridized carbons (Fsp3) is 0.231. The van der Waals surface area contributed by atoms with Crippen LogP contribution in [0.25, 0.3) is 0 Å². The molecule has 3 aromatic carbocycles. The summed E-state index contributed by atoms with van der Waals surface area (Å²) in [4.78, 5) is 25.0. The van der Waals surface area contributed by atoms with Crippen molar-refractivity contribution in [2.75, 3.05) is 16.2 Å². The van der Waals surface area contributed by atoms with E-state index in [-0.39, 0.29) is 24.5 Å². The maximum atomic E-state index is 12.8. The highest BCUT2D eigenvalue weighted by Crippen LogP contribution is 2.19. The zero-order valence-corrected chi connectivity index (χ0v) is 18.7. The van der Waals surface area contributed by atoms with Crippen LogP contribution < -0.4 is 21.9 Å². The molecule has 0 radical (unpaired) electrons. The molecule has 0 fully saturated rings. The summed E-state index contributed by atoms with van der Waals surface area (Å²) in [6, 6.07) is 20.4. The number of nitrogens with one attached hydrogen (secondary N) is 3. The maximum Gasteiger partial charge on any atom is 0.224 e. The van der Waals surface area contributed by atoms with Crippen molar-refractivity contribution in [3.05, 3.63) is 89.0 Å². The van der Waals surface area contributed by atoms with Crippen molar-refractivity contribution < 1.29 is 9.59 Å². The van der Waals surface area contributed by atoms with Crippen LogP contribution >= 0.6 is 0 Å². The van der Waals surface area contributed by atoms with Crippen LogP contribution in [-0.4, -0.2) is 17.7 Å². The van der Waals surface area contributed by atoms with Gasteiger partial charge in [0.05, 0.1) is 17.4 Å². The van der Waals surface area contributed by atoms with Gasteiger partial charge in [0.2, 0.25) is 5.91 Å². The van der Waals surface area contributed by atoms with Gasteiger partial charge in [-0.25, -0.2) is 0 Å². The molecule has 32 heavy (non-hydrogen) atoms. The SMILES string of the molecule is Cc1cccc(NNc2ccc(C(=O)C(N)CCC(=O)Nc3cccc(C)c3)c(C)c2)c1. The first-order valence-electron chi connectivity index (χ1n) is 10.7. The Morgan fingerprint density at radius 1 is 0.812 bits per heavy atom. The Morgan fingerprint density at radius 3 is 2.03 bits per heavy atom. The molecule has 1 atom stereocenters. The van der Waals surface area contributed by atoms with Gasteiger partial charge in [-0.2, -0.15) is 0 Å². The maximum absolute atomic E-state index is 12.8. The van der Waals surface area contributed by atoms with Crippen molar-refractivity contribution in [1.82, 2.24) is 0 Å². The van der Waals surface area contributed by atoms with Crippen molar-refractivity contribution in [3.8, 4) is 0 Å². The molecule has 0 aliphatic rings. The summed E-state index contributed by atoms with van der Waals surface area (Å²) in [5.74, 6) is -0.318. The molecular weight excluding hydrogens is 400 g/mol. The molecule has 0 heterocycles. The molecule has 6 nitrogen and oxygen atoms in total. The predicted octanol–water partition coefficient (Wildman–Crippen LogP) is 4.98. The highest BCUT2D eigenvalue weighted by atomic mass is 16.1. The summed E-state index contributed by atoms with van der Waals surface area (Å²) in [7, 11) is 0. The van der Waals surface area contributed by atoms with Gasteiger partial charge in [-0.05, 0) is 86.3 Å². The van der Waals surface area contributed by atoms with Gasteiger partial charge in [0.1, 0.15) is 0 Å². The summed E-state index contributed by atoms with van der Waals surface area (Å²) in [6.07, 6.45) is 0.463. The molecular formula is C26H30N4O2. The van der Waals surface area contributed by atoms with Gasteiger partial charge in [0, 0.05) is 17.7 Å². The van der Waals surface area contributed by atoms with Crippen LogP contribution in [-0.2, 0) is 4.79 Å². The number of benzene rings is 3. The lowest BCUT2D eigenvalue weighted by molar-refractivity contribution is -0.116. The topological polar surface area (TPSA) is 96.2 Å². The van der Waals surface area contributed by atoms with Gasteiger partial charge in [-0.1, -0.05) is 24.3 Å². The standard InChI is InChI=1S/C26H30N4O2/c1-17-6-4-8-20(14-17)28-25(31)13-12-24(27)26(32)23-11-10-22(16-19(23)3)30-29-21-9-5-7-18(2)15-21/h4-11,14-16,24,29-30H,12-13,27H2,1-3H3,(H,28,31). The second-order valence-electron chi connectivity index (χ2n) is 8.08. The summed E-state index contributed by atoms with van der Waals surface area (Å²) < 4.78 is 0. The number of hydrogen-bond donors (Lipinski definition) is 4. The molecule has 0 aliphatic carbocycles. The predicted molar refractivity (Wildman–Crippen MR) is 131 cm³/mol. The number of amides is 1. The van der Waals surface area contributed by atoms with E-state index in [4.69, 9.17) is 5.73 Å². The average molecular weight is 431 g/mol. The molecule has 3 rings (SSSR count). The Morgan fingerprint density at radius 2 is 1.41 bits per heavy atom. The number of hydrogen-bond acceptors (Lipinski definition) is 5. The molecule has 5 N–H and O–H groups in total. The lowest BCUT2D eigenvalue weighted by Gasteiger charge is -2.15. The molecule has 0 spiro atoms. The van der Waals surface area contributed by atoms with Gasteiger partial charge in [0.15, 0.2) is 5.78 Å². The summed E-state index contributed by atoms with van der Waals surface area (Å²) in [6.45, 7) is 5.87. The number of nitrogens with two attached hydrogens (primary N) is 1. The molecule has 3 aromatic rings. The number of ketones is 1. The molecule has 0 bridgehead atoms. The van der Waals surface area contributed by atoms with Crippen LogP contribution in [0.1, 0.15) is 39.9 Å². The monoisotopic (exact) mass is 430 g/mol. The first-order valence-corrected chi connectivity index (χ1v) is 10.7. The first kappa shape index (κ1) is 23.0. The van der Waals surface area contributed by atoms with Crippen molar-refractivity contribution in [2.45, 2.75) is 39.7 Å². The third kappa shape index (κ3) is 6.43. The minimum Gasteiger partial charge on any atom is -0.326 e. The van der Waals surface area contributed by atoms with Crippen LogP contribution in [0.4, 0.5) is 17.1 Å². The molecule has 0 aliphatic heterocycles. The molecule has 0 saturated carbocycles. The van der Waals surface area contributed by atoms with E-state index in [1.54, 1.807) is 6.07 Å². The highest BCUT2D eigenvalue weighted by Gasteiger charge is 2.19. The Labute approximate surface area is 189 Å². The quantitative estimate of drug-likeness (QED) is 0.284. The molecule has 166 valence electrons. The zero-order valence-electron chi connectivity index (χ0n) is 18.7.